The van der Waals surface area contributed by atoms with Crippen LogP contribution in [0.4, 0.5) is 4.39 Å². The Kier molecular flexibility index (Phi) is 4.86. The normalized spacial score (nSPS) is 10.8. The van der Waals surface area contributed by atoms with E-state index < -0.39 is 17.3 Å². The van der Waals surface area contributed by atoms with Gasteiger partial charge in [0.1, 0.15) is 11.4 Å². The monoisotopic (exact) mass is 359 g/mol. The molecule has 0 aliphatic rings. The zero-order valence-electron chi connectivity index (χ0n) is 13.5. The molecular formula is C19H15ClFNO3. The molecule has 6 heteroatoms. The first-order chi connectivity index (χ1) is 12.0. The van der Waals surface area contributed by atoms with Crippen LogP contribution in [-0.2, 0) is 11.2 Å². The van der Waals surface area contributed by atoms with Crippen LogP contribution in [0, 0.1) is 5.82 Å². The van der Waals surface area contributed by atoms with Gasteiger partial charge in [-0.15, -0.1) is 0 Å². The molecule has 0 fully saturated rings. The number of esters is 1. The molecule has 0 unspecified atom stereocenters. The summed E-state index contributed by atoms with van der Waals surface area (Å²) in [5, 5.41) is 0.0556. The highest BCUT2D eigenvalue weighted by molar-refractivity contribution is 6.30. The van der Waals surface area contributed by atoms with Gasteiger partial charge >= 0.3 is 5.97 Å². The number of carbonyl (C=O) groups is 1. The van der Waals surface area contributed by atoms with Crippen molar-refractivity contribution in [3.63, 3.8) is 0 Å². The van der Waals surface area contributed by atoms with Gasteiger partial charge in [-0.1, -0.05) is 29.8 Å². The fourth-order valence-electron chi connectivity index (χ4n) is 2.61. The van der Waals surface area contributed by atoms with Crippen molar-refractivity contribution in [1.29, 1.82) is 0 Å². The number of ether oxygens (including phenoxy) is 1. The van der Waals surface area contributed by atoms with Crippen LogP contribution in [-0.4, -0.2) is 17.0 Å². The number of pyridine rings is 2. The lowest BCUT2D eigenvalue weighted by Gasteiger charge is -2.08. The number of hydrogen-bond donors (Lipinski definition) is 0. The maximum atomic E-state index is 14.1. The minimum absolute atomic E-state index is 0.0366. The SMILES string of the molecule is CCOC(=O)c1ccc2ccc(Cc3cccc(Cl)c3F)cn2c1=O. The Bertz CT molecular complexity index is 1010. The zero-order chi connectivity index (χ0) is 18.0. The predicted octanol–water partition coefficient (Wildman–Crippen LogP) is 3.86. The van der Waals surface area contributed by atoms with Crippen LogP contribution >= 0.6 is 11.6 Å². The fourth-order valence-corrected chi connectivity index (χ4v) is 2.81. The Balaban J connectivity index is 2.04. The Labute approximate surface area is 148 Å². The number of carbonyl (C=O) groups excluding carboxylic acids is 1. The summed E-state index contributed by atoms with van der Waals surface area (Å²) >= 11 is 5.80. The van der Waals surface area contributed by atoms with Crippen molar-refractivity contribution in [3.8, 4) is 0 Å². The Morgan fingerprint density at radius 1 is 1.20 bits per heavy atom. The molecule has 3 aromatic rings. The summed E-state index contributed by atoms with van der Waals surface area (Å²) in [7, 11) is 0. The standard InChI is InChI=1S/C19H15ClFNO3/c1-2-25-19(24)15-9-8-14-7-6-12(11-22(14)18(15)23)10-13-4-3-5-16(20)17(13)21/h3-9,11H,2,10H2,1H3. The van der Waals surface area contributed by atoms with Crippen LogP contribution in [0.2, 0.25) is 5.02 Å². The molecular weight excluding hydrogens is 345 g/mol. The van der Waals surface area contributed by atoms with E-state index in [1.54, 1.807) is 43.5 Å². The van der Waals surface area contributed by atoms with Crippen molar-refractivity contribution in [2.24, 2.45) is 0 Å². The Morgan fingerprint density at radius 2 is 1.96 bits per heavy atom. The van der Waals surface area contributed by atoms with Crippen LogP contribution < -0.4 is 5.56 Å². The summed E-state index contributed by atoms with van der Waals surface area (Å²) < 4.78 is 20.3. The van der Waals surface area contributed by atoms with E-state index in [-0.39, 0.29) is 23.6 Å². The van der Waals surface area contributed by atoms with Gasteiger partial charge < -0.3 is 4.74 Å². The molecule has 2 heterocycles. The van der Waals surface area contributed by atoms with Gasteiger partial charge in [-0.05, 0) is 42.3 Å². The van der Waals surface area contributed by atoms with E-state index in [0.717, 1.165) is 5.56 Å². The third-order valence-corrected chi connectivity index (χ3v) is 4.12. The van der Waals surface area contributed by atoms with Crippen LogP contribution in [0.1, 0.15) is 28.4 Å². The average Bonchev–Trinajstić information content (AvgIpc) is 2.60. The average molecular weight is 360 g/mol. The largest absolute Gasteiger partial charge is 0.462 e. The smallest absolute Gasteiger partial charge is 0.343 e. The van der Waals surface area contributed by atoms with E-state index in [1.165, 1.54) is 16.5 Å². The highest BCUT2D eigenvalue weighted by atomic mass is 35.5. The molecule has 0 radical (unpaired) electrons. The lowest BCUT2D eigenvalue weighted by atomic mass is 10.1. The van der Waals surface area contributed by atoms with Crippen LogP contribution in [0.3, 0.4) is 0 Å². The first-order valence-electron chi connectivity index (χ1n) is 7.75. The minimum Gasteiger partial charge on any atom is -0.462 e. The molecule has 4 nitrogen and oxygen atoms in total. The molecule has 0 amide bonds. The second kappa shape index (κ2) is 7.07. The maximum absolute atomic E-state index is 14.1. The lowest BCUT2D eigenvalue weighted by Crippen LogP contribution is -2.23. The number of halogens is 2. The second-order valence-corrected chi connectivity index (χ2v) is 5.90. The number of hydrogen-bond acceptors (Lipinski definition) is 3. The van der Waals surface area contributed by atoms with E-state index in [1.807, 2.05) is 0 Å². The summed E-state index contributed by atoms with van der Waals surface area (Å²) in [5.74, 6) is -1.13. The third-order valence-electron chi connectivity index (χ3n) is 3.83. The molecule has 0 N–H and O–H groups in total. The van der Waals surface area contributed by atoms with Gasteiger partial charge in [0, 0.05) is 18.1 Å². The van der Waals surface area contributed by atoms with E-state index in [0.29, 0.717) is 11.1 Å². The fraction of sp³-hybridized carbons (Fsp3) is 0.158. The molecule has 0 bridgehead atoms. The van der Waals surface area contributed by atoms with Crippen molar-refractivity contribution < 1.29 is 13.9 Å². The summed E-state index contributed by atoms with van der Waals surface area (Å²) in [5.41, 5.74) is 1.28. The molecule has 0 saturated carbocycles. The molecule has 1 aromatic carbocycles. The van der Waals surface area contributed by atoms with Crippen LogP contribution in [0.25, 0.3) is 5.52 Å². The molecule has 0 saturated heterocycles. The summed E-state index contributed by atoms with van der Waals surface area (Å²) in [6.45, 7) is 1.86. The number of aromatic nitrogens is 1. The number of benzene rings is 1. The molecule has 3 rings (SSSR count). The first-order valence-corrected chi connectivity index (χ1v) is 8.13. The summed E-state index contributed by atoms with van der Waals surface area (Å²) in [6.07, 6.45) is 1.87. The summed E-state index contributed by atoms with van der Waals surface area (Å²) in [4.78, 5) is 24.4. The topological polar surface area (TPSA) is 47.8 Å². The summed E-state index contributed by atoms with van der Waals surface area (Å²) in [6, 6.07) is 11.5. The molecule has 0 spiro atoms. The molecule has 2 aromatic heterocycles. The molecule has 128 valence electrons. The van der Waals surface area contributed by atoms with E-state index in [9.17, 15) is 14.0 Å². The minimum atomic E-state index is -0.659. The molecule has 0 aliphatic carbocycles. The first kappa shape index (κ1) is 17.2. The Morgan fingerprint density at radius 3 is 2.72 bits per heavy atom. The van der Waals surface area contributed by atoms with Crippen molar-refractivity contribution in [2.45, 2.75) is 13.3 Å². The lowest BCUT2D eigenvalue weighted by molar-refractivity contribution is 0.0524. The van der Waals surface area contributed by atoms with Crippen molar-refractivity contribution in [2.75, 3.05) is 6.61 Å². The van der Waals surface area contributed by atoms with Gasteiger partial charge in [0.05, 0.1) is 11.6 Å². The number of fused-ring (bicyclic) bond motifs is 1. The van der Waals surface area contributed by atoms with Gasteiger partial charge in [0.2, 0.25) is 0 Å². The predicted molar refractivity (Wildman–Crippen MR) is 93.8 cm³/mol. The van der Waals surface area contributed by atoms with Crippen molar-refractivity contribution >= 4 is 23.1 Å². The van der Waals surface area contributed by atoms with Gasteiger partial charge in [-0.2, -0.15) is 0 Å². The highest BCUT2D eigenvalue weighted by Gasteiger charge is 2.14. The number of rotatable bonds is 4. The van der Waals surface area contributed by atoms with Crippen LogP contribution in [0.15, 0.2) is 53.5 Å². The van der Waals surface area contributed by atoms with Crippen molar-refractivity contribution in [1.82, 2.24) is 4.40 Å². The van der Waals surface area contributed by atoms with Gasteiger partial charge in [-0.3, -0.25) is 9.20 Å². The van der Waals surface area contributed by atoms with Gasteiger partial charge in [-0.25, -0.2) is 9.18 Å². The molecule has 0 aliphatic heterocycles. The second-order valence-electron chi connectivity index (χ2n) is 5.49. The third kappa shape index (κ3) is 3.42. The maximum Gasteiger partial charge on any atom is 0.343 e. The molecule has 0 atom stereocenters. The quantitative estimate of drug-likeness (QED) is 0.664. The zero-order valence-corrected chi connectivity index (χ0v) is 14.2. The van der Waals surface area contributed by atoms with Gasteiger partial charge in [0.15, 0.2) is 0 Å². The highest BCUT2D eigenvalue weighted by Crippen LogP contribution is 2.20. The van der Waals surface area contributed by atoms with Gasteiger partial charge in [0.25, 0.3) is 5.56 Å². The van der Waals surface area contributed by atoms with E-state index >= 15 is 0 Å². The van der Waals surface area contributed by atoms with Crippen LogP contribution in [0.5, 0.6) is 0 Å². The Hall–Kier alpha value is -2.66. The van der Waals surface area contributed by atoms with E-state index in [4.69, 9.17) is 16.3 Å². The molecule has 25 heavy (non-hydrogen) atoms. The number of nitrogens with zero attached hydrogens (tertiary/aromatic N) is 1. The van der Waals surface area contributed by atoms with Crippen molar-refractivity contribution in [3.05, 3.63) is 86.5 Å². The van der Waals surface area contributed by atoms with E-state index in [2.05, 4.69) is 0 Å².